The summed E-state index contributed by atoms with van der Waals surface area (Å²) in [6.45, 7) is -2.97. The first-order valence-corrected chi connectivity index (χ1v) is 7.25. The highest BCUT2D eigenvalue weighted by atomic mass is 19.4. The summed E-state index contributed by atoms with van der Waals surface area (Å²) in [7, 11) is 0. The van der Waals surface area contributed by atoms with Crippen molar-refractivity contribution in [3.8, 4) is 5.75 Å². The lowest BCUT2D eigenvalue weighted by Crippen LogP contribution is -2.47. The van der Waals surface area contributed by atoms with Crippen LogP contribution in [0.4, 0.5) is 26.3 Å². The molecule has 1 aromatic rings. The number of hydrogen-bond donors (Lipinski definition) is 1. The molecule has 1 saturated heterocycles. The molecule has 1 aliphatic heterocycles. The van der Waals surface area contributed by atoms with E-state index in [-0.39, 0.29) is 11.3 Å². The molecule has 1 amide bonds. The van der Waals surface area contributed by atoms with Gasteiger partial charge in [-0.2, -0.15) is 26.3 Å². The lowest BCUT2D eigenvalue weighted by Gasteiger charge is -2.27. The van der Waals surface area contributed by atoms with Crippen LogP contribution in [0.5, 0.6) is 5.75 Å². The van der Waals surface area contributed by atoms with Crippen molar-refractivity contribution in [1.82, 2.24) is 4.90 Å². The third kappa shape index (κ3) is 4.02. The van der Waals surface area contributed by atoms with Crippen LogP contribution in [0.15, 0.2) is 24.3 Å². The normalized spacial score (nSPS) is 20.9. The predicted octanol–water partition coefficient (Wildman–Crippen LogP) is 3.11. The summed E-state index contributed by atoms with van der Waals surface area (Å²) in [4.78, 5) is 24.1. The number of carboxylic acids is 1. The summed E-state index contributed by atoms with van der Waals surface area (Å²) in [6, 6.07) is 4.34. The fourth-order valence-corrected chi connectivity index (χ4v) is 2.55. The van der Waals surface area contributed by atoms with Crippen LogP contribution in [0.2, 0.25) is 0 Å². The molecule has 0 saturated carbocycles. The number of carbonyl (C=O) groups is 2. The minimum atomic E-state index is -5.02. The zero-order valence-corrected chi connectivity index (χ0v) is 13.0. The molecule has 26 heavy (non-hydrogen) atoms. The summed E-state index contributed by atoms with van der Waals surface area (Å²) in [5.41, 5.74) is -3.12. The topological polar surface area (TPSA) is 66.8 Å². The number of aliphatic carboxylic acids is 1. The van der Waals surface area contributed by atoms with E-state index in [1.54, 1.807) is 0 Å². The van der Waals surface area contributed by atoms with Crippen molar-refractivity contribution in [2.45, 2.75) is 18.8 Å². The SMILES string of the molecule is O=C(c1ccc(OCC(F)(F)F)cc1)N1CCC(C(=O)O)(C(F)(F)F)C1. The van der Waals surface area contributed by atoms with Gasteiger partial charge >= 0.3 is 18.3 Å². The Morgan fingerprint density at radius 3 is 2.12 bits per heavy atom. The lowest BCUT2D eigenvalue weighted by atomic mass is 9.86. The number of halogens is 6. The molecule has 2 rings (SSSR count). The van der Waals surface area contributed by atoms with Crippen molar-refractivity contribution in [3.05, 3.63) is 29.8 Å². The van der Waals surface area contributed by atoms with Crippen LogP contribution in [0, 0.1) is 5.41 Å². The minimum Gasteiger partial charge on any atom is -0.484 e. The standard InChI is InChI=1S/C15H13F6NO4/c16-14(17,18)8-26-10-3-1-9(2-4-10)11(23)22-6-5-13(7-22,12(24)25)15(19,20)21/h1-4H,5-8H2,(H,24,25). The van der Waals surface area contributed by atoms with E-state index < -0.39 is 55.8 Å². The second-order valence-corrected chi connectivity index (χ2v) is 5.79. The average Bonchev–Trinajstić information content (AvgIpc) is 2.98. The van der Waals surface area contributed by atoms with E-state index in [0.717, 1.165) is 29.2 Å². The van der Waals surface area contributed by atoms with Crippen LogP contribution in [-0.2, 0) is 4.79 Å². The molecule has 0 aromatic heterocycles. The van der Waals surface area contributed by atoms with E-state index in [4.69, 9.17) is 5.11 Å². The molecule has 1 aromatic carbocycles. The molecule has 5 nitrogen and oxygen atoms in total. The largest absolute Gasteiger partial charge is 0.484 e. The Kier molecular flexibility index (Phi) is 5.11. The number of likely N-dealkylation sites (tertiary alicyclic amines) is 1. The number of hydrogen-bond acceptors (Lipinski definition) is 3. The minimum absolute atomic E-state index is 0.0901. The van der Waals surface area contributed by atoms with E-state index in [9.17, 15) is 35.9 Å². The molecule has 11 heteroatoms. The van der Waals surface area contributed by atoms with Crippen LogP contribution < -0.4 is 4.74 Å². The summed E-state index contributed by atoms with van der Waals surface area (Å²) in [6.07, 6.45) is -10.3. The van der Waals surface area contributed by atoms with Gasteiger partial charge in [-0.25, -0.2) is 0 Å². The van der Waals surface area contributed by atoms with E-state index >= 15 is 0 Å². The van der Waals surface area contributed by atoms with Gasteiger partial charge in [-0.1, -0.05) is 0 Å². The summed E-state index contributed by atoms with van der Waals surface area (Å²) < 4.78 is 80.0. The molecular formula is C15H13F6NO4. The Morgan fingerprint density at radius 2 is 1.69 bits per heavy atom. The Bertz CT molecular complexity index is 685. The first-order valence-electron chi connectivity index (χ1n) is 7.25. The van der Waals surface area contributed by atoms with Crippen molar-refractivity contribution < 1.29 is 45.8 Å². The number of amides is 1. The fraction of sp³-hybridized carbons (Fsp3) is 0.467. The van der Waals surface area contributed by atoms with Gasteiger partial charge in [0.15, 0.2) is 12.0 Å². The number of rotatable bonds is 4. The fourth-order valence-electron chi connectivity index (χ4n) is 2.55. The Morgan fingerprint density at radius 1 is 1.12 bits per heavy atom. The van der Waals surface area contributed by atoms with Crippen molar-refractivity contribution in [2.24, 2.45) is 5.41 Å². The average molecular weight is 385 g/mol. The highest BCUT2D eigenvalue weighted by Gasteiger charge is 2.64. The van der Waals surface area contributed by atoms with Crippen LogP contribution in [0.1, 0.15) is 16.8 Å². The molecule has 1 heterocycles. The van der Waals surface area contributed by atoms with Gasteiger partial charge < -0.3 is 14.7 Å². The number of carbonyl (C=O) groups excluding carboxylic acids is 1. The maximum atomic E-state index is 13.1. The van der Waals surface area contributed by atoms with Crippen molar-refractivity contribution in [3.63, 3.8) is 0 Å². The quantitative estimate of drug-likeness (QED) is 0.809. The molecule has 1 aliphatic rings. The van der Waals surface area contributed by atoms with Gasteiger partial charge in [0.25, 0.3) is 5.91 Å². The highest BCUT2D eigenvalue weighted by molar-refractivity contribution is 5.95. The third-order valence-corrected chi connectivity index (χ3v) is 4.01. The Balaban J connectivity index is 2.09. The number of ether oxygens (including phenoxy) is 1. The Hall–Kier alpha value is -2.46. The summed E-state index contributed by atoms with van der Waals surface area (Å²) in [5.74, 6) is -3.08. The molecule has 0 bridgehead atoms. The second kappa shape index (κ2) is 6.69. The van der Waals surface area contributed by atoms with Crippen LogP contribution >= 0.6 is 0 Å². The molecule has 144 valence electrons. The van der Waals surface area contributed by atoms with Crippen LogP contribution in [0.3, 0.4) is 0 Å². The van der Waals surface area contributed by atoms with Gasteiger partial charge in [0, 0.05) is 18.7 Å². The van der Waals surface area contributed by atoms with Crippen LogP contribution in [0.25, 0.3) is 0 Å². The second-order valence-electron chi connectivity index (χ2n) is 5.79. The first kappa shape index (κ1) is 19.9. The van der Waals surface area contributed by atoms with Crippen molar-refractivity contribution in [1.29, 1.82) is 0 Å². The lowest BCUT2D eigenvalue weighted by molar-refractivity contribution is -0.227. The molecular weight excluding hydrogens is 372 g/mol. The number of carboxylic acid groups (broad SMARTS) is 1. The molecule has 0 spiro atoms. The predicted molar refractivity (Wildman–Crippen MR) is 74.6 cm³/mol. The third-order valence-electron chi connectivity index (χ3n) is 4.01. The molecule has 1 fully saturated rings. The first-order chi connectivity index (χ1) is 11.9. The number of nitrogens with zero attached hydrogens (tertiary/aromatic N) is 1. The van der Waals surface area contributed by atoms with E-state index in [1.165, 1.54) is 0 Å². The molecule has 0 radical (unpaired) electrons. The van der Waals surface area contributed by atoms with E-state index in [1.807, 2.05) is 0 Å². The van der Waals surface area contributed by atoms with Gasteiger partial charge in [0.05, 0.1) is 0 Å². The Labute approximate surface area is 143 Å². The van der Waals surface area contributed by atoms with Gasteiger partial charge in [-0.3, -0.25) is 9.59 Å². The van der Waals surface area contributed by atoms with Crippen LogP contribution in [-0.4, -0.2) is 53.9 Å². The summed E-state index contributed by atoms with van der Waals surface area (Å²) >= 11 is 0. The summed E-state index contributed by atoms with van der Waals surface area (Å²) in [5, 5.41) is 8.96. The highest BCUT2D eigenvalue weighted by Crippen LogP contribution is 2.46. The maximum Gasteiger partial charge on any atom is 0.422 e. The molecule has 1 atom stereocenters. The molecule has 0 aliphatic carbocycles. The molecule has 1 N–H and O–H groups in total. The van der Waals surface area contributed by atoms with Crippen molar-refractivity contribution in [2.75, 3.05) is 19.7 Å². The van der Waals surface area contributed by atoms with E-state index in [2.05, 4.69) is 4.74 Å². The van der Waals surface area contributed by atoms with Gasteiger partial charge in [0.1, 0.15) is 5.75 Å². The molecule has 1 unspecified atom stereocenters. The number of benzene rings is 1. The number of alkyl halides is 6. The van der Waals surface area contributed by atoms with Gasteiger partial charge in [0.2, 0.25) is 0 Å². The zero-order chi connectivity index (χ0) is 19.8. The van der Waals surface area contributed by atoms with E-state index in [0.29, 0.717) is 0 Å². The monoisotopic (exact) mass is 385 g/mol. The van der Waals surface area contributed by atoms with Gasteiger partial charge in [-0.05, 0) is 30.7 Å². The van der Waals surface area contributed by atoms with Gasteiger partial charge in [-0.15, -0.1) is 0 Å². The zero-order valence-electron chi connectivity index (χ0n) is 13.0. The smallest absolute Gasteiger partial charge is 0.422 e. The maximum absolute atomic E-state index is 13.1. The van der Waals surface area contributed by atoms with Crippen molar-refractivity contribution >= 4 is 11.9 Å².